The van der Waals surface area contributed by atoms with Gasteiger partial charge in [0.2, 0.25) is 5.03 Å². The average Bonchev–Trinajstić information content (AvgIpc) is 2.62. The number of pyridine rings is 1. The maximum Gasteiger partial charge on any atom is 0.269 e. The zero-order chi connectivity index (χ0) is 16.8. The molecule has 0 aliphatic heterocycles. The summed E-state index contributed by atoms with van der Waals surface area (Å²) in [6.07, 6.45) is 2.04. The smallest absolute Gasteiger partial charge is 0.269 e. The number of nitrogens with zero attached hydrogens (tertiary/aromatic N) is 2. The molecule has 4 nitrogen and oxygen atoms in total. The van der Waals surface area contributed by atoms with Crippen LogP contribution >= 0.6 is 11.8 Å². The number of non-ortho nitro benzene ring substituents is 1. The number of thioether (sulfide) groups is 1. The Hall–Kier alpha value is -2.18. The Balaban J connectivity index is 0.00000225. The Bertz CT molecular complexity index is 826. The molecule has 0 fully saturated rings. The van der Waals surface area contributed by atoms with Crippen molar-refractivity contribution in [3.8, 4) is 0 Å². The highest BCUT2D eigenvalue weighted by molar-refractivity contribution is 7.98. The van der Waals surface area contributed by atoms with Gasteiger partial charge in [-0.3, -0.25) is 10.1 Å². The summed E-state index contributed by atoms with van der Waals surface area (Å²) in [6, 6.07) is 23.2. The number of nitro groups is 1. The summed E-state index contributed by atoms with van der Waals surface area (Å²) in [5.74, 6) is 0.908. The lowest BCUT2D eigenvalue weighted by Crippen LogP contribution is -3.00. The van der Waals surface area contributed by atoms with Gasteiger partial charge in [-0.05, 0) is 23.8 Å². The third-order valence-corrected chi connectivity index (χ3v) is 4.77. The molecule has 0 unspecified atom stereocenters. The van der Waals surface area contributed by atoms with E-state index >= 15 is 0 Å². The predicted octanol–water partition coefficient (Wildman–Crippen LogP) is 1.23. The van der Waals surface area contributed by atoms with Crippen LogP contribution in [0.25, 0.3) is 0 Å². The van der Waals surface area contributed by atoms with E-state index in [1.54, 1.807) is 23.9 Å². The van der Waals surface area contributed by atoms with Crippen molar-refractivity contribution in [3.05, 3.63) is 100 Å². The summed E-state index contributed by atoms with van der Waals surface area (Å²) in [5.41, 5.74) is 2.45. The van der Waals surface area contributed by atoms with Crippen molar-refractivity contribution in [1.82, 2.24) is 0 Å². The van der Waals surface area contributed by atoms with Crippen molar-refractivity contribution >= 4 is 17.4 Å². The summed E-state index contributed by atoms with van der Waals surface area (Å²) < 4.78 is 2.16. The van der Waals surface area contributed by atoms with Crippen molar-refractivity contribution in [3.63, 3.8) is 0 Å². The minimum atomic E-state index is -0.374. The van der Waals surface area contributed by atoms with Gasteiger partial charge in [0.1, 0.15) is 0 Å². The molecule has 0 radical (unpaired) electrons. The molecule has 6 heteroatoms. The van der Waals surface area contributed by atoms with Crippen LogP contribution in [-0.2, 0) is 12.3 Å². The van der Waals surface area contributed by atoms with Gasteiger partial charge in [-0.2, -0.15) is 4.57 Å². The summed E-state index contributed by atoms with van der Waals surface area (Å²) in [6.45, 7) is 0.690. The maximum absolute atomic E-state index is 10.7. The van der Waals surface area contributed by atoms with Crippen LogP contribution < -0.4 is 21.5 Å². The number of hydrogen-bond donors (Lipinski definition) is 0. The van der Waals surface area contributed by atoms with Gasteiger partial charge in [-0.25, -0.2) is 0 Å². The van der Waals surface area contributed by atoms with E-state index in [4.69, 9.17) is 0 Å². The number of halogens is 1. The van der Waals surface area contributed by atoms with E-state index in [1.807, 2.05) is 48.7 Å². The highest BCUT2D eigenvalue weighted by Gasteiger charge is 2.12. The van der Waals surface area contributed by atoms with Crippen LogP contribution in [0, 0.1) is 10.1 Å². The van der Waals surface area contributed by atoms with E-state index < -0.39 is 0 Å². The molecule has 3 aromatic rings. The number of aromatic nitrogens is 1. The van der Waals surface area contributed by atoms with Gasteiger partial charge >= 0.3 is 0 Å². The lowest BCUT2D eigenvalue weighted by atomic mass is 10.2. The van der Waals surface area contributed by atoms with Crippen LogP contribution in [0.2, 0.25) is 0 Å². The van der Waals surface area contributed by atoms with Crippen LogP contribution in [0.5, 0.6) is 0 Å². The van der Waals surface area contributed by atoms with E-state index in [-0.39, 0.29) is 27.6 Å². The number of rotatable bonds is 6. The largest absolute Gasteiger partial charge is 1.00 e. The molecular formula is C19H17BrN2O2S. The fraction of sp³-hybridized carbons (Fsp3) is 0.105. The number of benzene rings is 2. The van der Waals surface area contributed by atoms with Crippen LogP contribution in [-0.4, -0.2) is 4.92 Å². The van der Waals surface area contributed by atoms with E-state index in [9.17, 15) is 10.1 Å². The maximum atomic E-state index is 10.7. The van der Waals surface area contributed by atoms with Gasteiger partial charge in [0.15, 0.2) is 12.7 Å². The number of hydrogen-bond acceptors (Lipinski definition) is 3. The van der Waals surface area contributed by atoms with Crippen molar-refractivity contribution in [2.45, 2.75) is 17.3 Å². The van der Waals surface area contributed by atoms with Gasteiger partial charge in [-0.15, -0.1) is 0 Å². The third kappa shape index (κ3) is 5.41. The Morgan fingerprint density at radius 1 is 0.880 bits per heavy atom. The molecule has 0 amide bonds. The first-order valence-electron chi connectivity index (χ1n) is 7.61. The van der Waals surface area contributed by atoms with Crippen LogP contribution in [0.1, 0.15) is 11.1 Å². The Morgan fingerprint density at radius 2 is 1.56 bits per heavy atom. The first-order valence-corrected chi connectivity index (χ1v) is 8.59. The molecule has 2 aromatic carbocycles. The molecule has 1 heterocycles. The molecule has 1 aromatic heterocycles. The van der Waals surface area contributed by atoms with Gasteiger partial charge < -0.3 is 17.0 Å². The van der Waals surface area contributed by atoms with Crippen LogP contribution in [0.15, 0.2) is 84.0 Å². The normalized spacial score (nSPS) is 10.1. The minimum Gasteiger partial charge on any atom is -1.00 e. The SMILES string of the molecule is O=[N+]([O-])c1ccc(C[n+]2ccccc2SCc2ccccc2)cc1.[Br-]. The molecule has 25 heavy (non-hydrogen) atoms. The zero-order valence-electron chi connectivity index (χ0n) is 13.4. The average molecular weight is 417 g/mol. The second kappa shape index (κ2) is 9.34. The summed E-state index contributed by atoms with van der Waals surface area (Å²) in [5, 5.41) is 11.9. The zero-order valence-corrected chi connectivity index (χ0v) is 15.8. The van der Waals surface area contributed by atoms with Crippen molar-refractivity contribution in [2.24, 2.45) is 0 Å². The van der Waals surface area contributed by atoms with Gasteiger partial charge in [-0.1, -0.05) is 42.1 Å². The predicted molar refractivity (Wildman–Crippen MR) is 94.8 cm³/mol. The highest BCUT2D eigenvalue weighted by Crippen LogP contribution is 2.20. The molecule has 3 rings (SSSR count). The van der Waals surface area contributed by atoms with E-state index in [1.165, 1.54) is 10.6 Å². The molecule has 0 N–H and O–H groups in total. The lowest BCUT2D eigenvalue weighted by Gasteiger charge is -2.04. The standard InChI is InChI=1S/C19H17N2O2S.BrH/c22-21(23)18-11-9-16(10-12-18)14-20-13-5-4-8-19(20)24-15-17-6-2-1-3-7-17;/h1-13H,14-15H2;1H/q+1;/p-1. The lowest BCUT2D eigenvalue weighted by molar-refractivity contribution is -0.724. The Kier molecular flexibility index (Phi) is 7.16. The van der Waals surface area contributed by atoms with Gasteiger partial charge in [0.25, 0.3) is 5.69 Å². The van der Waals surface area contributed by atoms with Crippen LogP contribution in [0.3, 0.4) is 0 Å². The van der Waals surface area contributed by atoms with Crippen molar-refractivity contribution in [1.29, 1.82) is 0 Å². The monoisotopic (exact) mass is 416 g/mol. The van der Waals surface area contributed by atoms with Crippen molar-refractivity contribution < 1.29 is 26.5 Å². The quantitative estimate of drug-likeness (QED) is 0.262. The molecule has 128 valence electrons. The topological polar surface area (TPSA) is 47.0 Å². The molecule has 0 aliphatic carbocycles. The van der Waals surface area contributed by atoms with Gasteiger partial charge in [0, 0.05) is 35.6 Å². The molecule has 0 spiro atoms. The molecule has 0 bridgehead atoms. The first-order chi connectivity index (χ1) is 11.7. The van der Waals surface area contributed by atoms with Gasteiger partial charge in [0.05, 0.1) is 4.92 Å². The Morgan fingerprint density at radius 3 is 2.24 bits per heavy atom. The fourth-order valence-corrected chi connectivity index (χ4v) is 3.35. The summed E-state index contributed by atoms with van der Waals surface area (Å²) >= 11 is 1.78. The molecule has 0 saturated heterocycles. The summed E-state index contributed by atoms with van der Waals surface area (Å²) in [4.78, 5) is 10.4. The second-order valence-electron chi connectivity index (χ2n) is 5.36. The third-order valence-electron chi connectivity index (χ3n) is 3.63. The van der Waals surface area contributed by atoms with Crippen molar-refractivity contribution in [2.75, 3.05) is 0 Å². The highest BCUT2D eigenvalue weighted by atomic mass is 79.9. The molecule has 0 saturated carbocycles. The fourth-order valence-electron chi connectivity index (χ4n) is 2.37. The number of nitro benzene ring substituents is 1. The van der Waals surface area contributed by atoms with Crippen LogP contribution in [0.4, 0.5) is 5.69 Å². The van der Waals surface area contributed by atoms with E-state index in [0.29, 0.717) is 6.54 Å². The minimum absolute atomic E-state index is 0. The van der Waals surface area contributed by atoms with E-state index in [0.717, 1.165) is 11.3 Å². The second-order valence-corrected chi connectivity index (χ2v) is 6.36. The molecule has 0 aliphatic rings. The molecule has 0 atom stereocenters. The molecular weight excluding hydrogens is 400 g/mol. The first kappa shape index (κ1) is 19.1. The van der Waals surface area contributed by atoms with E-state index in [2.05, 4.69) is 22.8 Å². The summed E-state index contributed by atoms with van der Waals surface area (Å²) in [7, 11) is 0. The Labute approximate surface area is 161 Å².